The zero-order valence-electron chi connectivity index (χ0n) is 16.1. The van der Waals surface area contributed by atoms with Crippen LogP contribution in [-0.2, 0) is 9.59 Å². The van der Waals surface area contributed by atoms with E-state index in [9.17, 15) is 9.59 Å². The number of anilines is 1. The van der Waals surface area contributed by atoms with E-state index in [0.717, 1.165) is 11.1 Å². The summed E-state index contributed by atoms with van der Waals surface area (Å²) in [5.41, 5.74) is 2.38. The number of hydrogen-bond acceptors (Lipinski definition) is 3. The average Bonchev–Trinajstić information content (AvgIpc) is 2.58. The maximum absolute atomic E-state index is 13.0. The van der Waals surface area contributed by atoms with Crippen LogP contribution in [0.15, 0.2) is 48.5 Å². The quantitative estimate of drug-likeness (QED) is 0.759. The zero-order valence-corrected chi connectivity index (χ0v) is 16.9. The number of aryl methyl sites for hydroxylation is 1. The van der Waals surface area contributed by atoms with Crippen molar-refractivity contribution in [3.05, 3.63) is 64.7 Å². The first kappa shape index (κ1) is 20.9. The van der Waals surface area contributed by atoms with Crippen molar-refractivity contribution in [2.24, 2.45) is 0 Å². The topological polar surface area (TPSA) is 61.4 Å². The van der Waals surface area contributed by atoms with Gasteiger partial charge >= 0.3 is 0 Å². The lowest BCUT2D eigenvalue weighted by Crippen LogP contribution is -2.43. The molecule has 2 amide bonds. The normalized spacial score (nSPS) is 12.1. The van der Waals surface area contributed by atoms with Gasteiger partial charge in [0.2, 0.25) is 11.8 Å². The van der Waals surface area contributed by atoms with E-state index in [1.165, 1.54) is 0 Å². The van der Waals surface area contributed by atoms with Crippen LogP contribution in [0.3, 0.4) is 0 Å². The number of carbonyl (C=O) groups excluding carboxylic acids is 2. The van der Waals surface area contributed by atoms with Gasteiger partial charge in [0.05, 0.1) is 6.54 Å². The molecule has 2 aromatic carbocycles. The smallest absolute Gasteiger partial charge is 0.246 e. The van der Waals surface area contributed by atoms with Crippen molar-refractivity contribution < 1.29 is 9.59 Å². The van der Waals surface area contributed by atoms with Crippen LogP contribution in [0.5, 0.6) is 0 Å². The number of rotatable bonds is 7. The molecule has 0 fully saturated rings. The molecule has 0 heterocycles. The van der Waals surface area contributed by atoms with E-state index in [1.807, 2.05) is 63.2 Å². The van der Waals surface area contributed by atoms with E-state index in [2.05, 4.69) is 10.6 Å². The molecule has 0 aromatic heterocycles. The summed E-state index contributed by atoms with van der Waals surface area (Å²) in [7, 11) is 1.76. The van der Waals surface area contributed by atoms with E-state index in [-0.39, 0.29) is 24.4 Å². The molecule has 0 bridgehead atoms. The molecule has 1 unspecified atom stereocenters. The highest BCUT2D eigenvalue weighted by atomic mass is 35.5. The fourth-order valence-corrected chi connectivity index (χ4v) is 2.99. The molecular weight excluding hydrogens is 362 g/mol. The van der Waals surface area contributed by atoms with Crippen LogP contribution in [0.2, 0.25) is 5.02 Å². The monoisotopic (exact) mass is 387 g/mol. The lowest BCUT2D eigenvalue weighted by atomic mass is 10.0. The first-order chi connectivity index (χ1) is 12.8. The van der Waals surface area contributed by atoms with Gasteiger partial charge in [-0.05, 0) is 51.1 Å². The van der Waals surface area contributed by atoms with Gasteiger partial charge in [0.25, 0.3) is 0 Å². The highest BCUT2D eigenvalue weighted by molar-refractivity contribution is 6.31. The second-order valence-corrected chi connectivity index (χ2v) is 7.31. The first-order valence-corrected chi connectivity index (χ1v) is 9.27. The summed E-state index contributed by atoms with van der Waals surface area (Å²) in [5, 5.41) is 6.35. The highest BCUT2D eigenvalue weighted by Gasteiger charge is 2.27. The van der Waals surface area contributed by atoms with Crippen molar-refractivity contribution >= 4 is 29.1 Å². The number of hydrogen-bond donors (Lipinski definition) is 2. The van der Waals surface area contributed by atoms with Crippen molar-refractivity contribution in [3.8, 4) is 0 Å². The minimum Gasteiger partial charge on any atom is -0.353 e. The highest BCUT2D eigenvalue weighted by Crippen LogP contribution is 2.24. The third-order valence-electron chi connectivity index (χ3n) is 4.09. The Morgan fingerprint density at radius 2 is 1.78 bits per heavy atom. The van der Waals surface area contributed by atoms with Gasteiger partial charge in [-0.15, -0.1) is 0 Å². The van der Waals surface area contributed by atoms with Crippen LogP contribution in [-0.4, -0.2) is 36.3 Å². The molecule has 6 heteroatoms. The fourth-order valence-electron chi connectivity index (χ4n) is 2.81. The van der Waals surface area contributed by atoms with Crippen LogP contribution in [0.25, 0.3) is 0 Å². The molecule has 2 aromatic rings. The second-order valence-electron chi connectivity index (χ2n) is 6.90. The second kappa shape index (κ2) is 9.53. The summed E-state index contributed by atoms with van der Waals surface area (Å²) in [6, 6.07) is 14.2. The summed E-state index contributed by atoms with van der Waals surface area (Å²) in [5.74, 6) is -0.347. The molecule has 1 atom stereocenters. The summed E-state index contributed by atoms with van der Waals surface area (Å²) >= 11 is 6.16. The molecule has 5 nitrogen and oxygen atoms in total. The van der Waals surface area contributed by atoms with E-state index in [0.29, 0.717) is 10.7 Å². The van der Waals surface area contributed by atoms with Crippen LogP contribution < -0.4 is 10.6 Å². The van der Waals surface area contributed by atoms with Gasteiger partial charge in [0, 0.05) is 16.8 Å². The zero-order chi connectivity index (χ0) is 20.0. The Balaban J connectivity index is 2.22. The Kier molecular flexibility index (Phi) is 7.39. The van der Waals surface area contributed by atoms with E-state index in [4.69, 9.17) is 11.6 Å². The van der Waals surface area contributed by atoms with Gasteiger partial charge in [0.15, 0.2) is 0 Å². The molecular formula is C21H26ClN3O2. The molecule has 27 heavy (non-hydrogen) atoms. The van der Waals surface area contributed by atoms with Crippen molar-refractivity contribution in [2.45, 2.75) is 32.9 Å². The Bertz CT molecular complexity index is 793. The molecule has 0 saturated carbocycles. The van der Waals surface area contributed by atoms with Crippen molar-refractivity contribution in [1.82, 2.24) is 10.2 Å². The maximum Gasteiger partial charge on any atom is 0.246 e. The SMILES string of the molecule is Cc1ccc(NC(=O)C(c2ccccc2)N(C)CC(=O)NC(C)C)cc1Cl. The summed E-state index contributed by atoms with van der Waals surface area (Å²) < 4.78 is 0. The number of likely N-dealkylation sites (N-methyl/N-ethyl adjacent to an activating group) is 1. The largest absolute Gasteiger partial charge is 0.353 e. The molecule has 0 aliphatic rings. The number of nitrogens with zero attached hydrogens (tertiary/aromatic N) is 1. The molecule has 0 saturated heterocycles. The molecule has 0 aliphatic carbocycles. The minimum absolute atomic E-state index is 0.0459. The number of benzene rings is 2. The molecule has 0 spiro atoms. The lowest BCUT2D eigenvalue weighted by molar-refractivity contribution is -0.125. The van der Waals surface area contributed by atoms with Gasteiger partial charge in [-0.2, -0.15) is 0 Å². The van der Waals surface area contributed by atoms with Gasteiger partial charge in [-0.25, -0.2) is 0 Å². The van der Waals surface area contributed by atoms with Gasteiger partial charge in [-0.1, -0.05) is 48.0 Å². The van der Waals surface area contributed by atoms with Gasteiger partial charge in [-0.3, -0.25) is 14.5 Å². The van der Waals surface area contributed by atoms with E-state index < -0.39 is 6.04 Å². The summed E-state index contributed by atoms with van der Waals surface area (Å²) in [6.07, 6.45) is 0. The fraction of sp³-hybridized carbons (Fsp3) is 0.333. The van der Waals surface area contributed by atoms with Crippen molar-refractivity contribution in [2.75, 3.05) is 18.9 Å². The predicted octanol–water partition coefficient (Wildman–Crippen LogP) is 3.78. The Morgan fingerprint density at radius 1 is 1.11 bits per heavy atom. The van der Waals surface area contributed by atoms with E-state index >= 15 is 0 Å². The number of amides is 2. The van der Waals surface area contributed by atoms with Crippen LogP contribution in [0.4, 0.5) is 5.69 Å². The summed E-state index contributed by atoms with van der Waals surface area (Å²) in [4.78, 5) is 26.9. The van der Waals surface area contributed by atoms with Crippen molar-refractivity contribution in [3.63, 3.8) is 0 Å². The van der Waals surface area contributed by atoms with Gasteiger partial charge in [0.1, 0.15) is 6.04 Å². The Morgan fingerprint density at radius 3 is 2.37 bits per heavy atom. The number of carbonyl (C=O) groups is 2. The molecule has 2 N–H and O–H groups in total. The third kappa shape index (κ3) is 6.08. The third-order valence-corrected chi connectivity index (χ3v) is 4.49. The molecule has 0 radical (unpaired) electrons. The van der Waals surface area contributed by atoms with Gasteiger partial charge < -0.3 is 10.6 Å². The molecule has 144 valence electrons. The average molecular weight is 388 g/mol. The predicted molar refractivity (Wildman–Crippen MR) is 110 cm³/mol. The Labute approximate surface area is 165 Å². The van der Waals surface area contributed by atoms with Crippen LogP contribution in [0, 0.1) is 6.92 Å². The Hall–Kier alpha value is -2.37. The van der Waals surface area contributed by atoms with E-state index in [1.54, 1.807) is 18.0 Å². The first-order valence-electron chi connectivity index (χ1n) is 8.89. The lowest BCUT2D eigenvalue weighted by Gasteiger charge is -2.27. The molecule has 0 aliphatic heterocycles. The van der Waals surface area contributed by atoms with Crippen LogP contribution in [0.1, 0.15) is 31.0 Å². The minimum atomic E-state index is -0.607. The molecule has 2 rings (SSSR count). The standard InChI is InChI=1S/C21H26ClN3O2/c1-14(2)23-19(26)13-25(4)20(16-8-6-5-7-9-16)21(27)24-17-11-10-15(3)18(22)12-17/h5-12,14,20H,13H2,1-4H3,(H,23,26)(H,24,27). The van der Waals surface area contributed by atoms with Crippen LogP contribution >= 0.6 is 11.6 Å². The van der Waals surface area contributed by atoms with Crippen molar-refractivity contribution in [1.29, 1.82) is 0 Å². The number of halogens is 1. The maximum atomic E-state index is 13.0. The summed E-state index contributed by atoms with van der Waals surface area (Å²) in [6.45, 7) is 5.82. The number of nitrogens with one attached hydrogen (secondary N) is 2.